The van der Waals surface area contributed by atoms with E-state index in [1.807, 2.05) is 37.3 Å². The fourth-order valence-electron chi connectivity index (χ4n) is 2.78. The number of hydrogen-bond donors (Lipinski definition) is 0. The molecule has 1 aliphatic heterocycles. The van der Waals surface area contributed by atoms with Gasteiger partial charge in [0.05, 0.1) is 0 Å². The van der Waals surface area contributed by atoms with E-state index in [1.54, 1.807) is 4.90 Å². The summed E-state index contributed by atoms with van der Waals surface area (Å²) in [5.41, 5.74) is 1.07. The number of amides is 2. The number of rotatable bonds is 4. The summed E-state index contributed by atoms with van der Waals surface area (Å²) < 4.78 is 36.8. The highest BCUT2D eigenvalue weighted by molar-refractivity contribution is 5.79. The summed E-state index contributed by atoms with van der Waals surface area (Å²) in [6.07, 6.45) is -5.58. The molecule has 2 amide bonds. The van der Waals surface area contributed by atoms with Crippen molar-refractivity contribution in [2.45, 2.75) is 31.9 Å². The van der Waals surface area contributed by atoms with Gasteiger partial charge in [0, 0.05) is 32.6 Å². The Hall–Kier alpha value is -2.05. The fraction of sp³-hybridized carbons (Fsp3) is 0.529. The van der Waals surface area contributed by atoms with Gasteiger partial charge >= 0.3 is 6.18 Å². The van der Waals surface area contributed by atoms with Gasteiger partial charge < -0.3 is 9.80 Å². The van der Waals surface area contributed by atoms with Gasteiger partial charge in [0.1, 0.15) is 6.42 Å². The normalized spacial score (nSPS) is 16.8. The highest BCUT2D eigenvalue weighted by Gasteiger charge is 2.34. The third kappa shape index (κ3) is 5.25. The van der Waals surface area contributed by atoms with Crippen molar-refractivity contribution in [2.75, 3.05) is 26.2 Å². The number of benzene rings is 1. The first-order valence-electron chi connectivity index (χ1n) is 7.93. The van der Waals surface area contributed by atoms with Gasteiger partial charge in [-0.3, -0.25) is 9.59 Å². The van der Waals surface area contributed by atoms with Crippen LogP contribution in [0.15, 0.2) is 30.3 Å². The molecule has 0 radical (unpaired) electrons. The van der Waals surface area contributed by atoms with Crippen molar-refractivity contribution in [3.05, 3.63) is 35.9 Å². The number of hydrogen-bond acceptors (Lipinski definition) is 2. The van der Waals surface area contributed by atoms with Gasteiger partial charge in [0.15, 0.2) is 0 Å². The molecule has 1 heterocycles. The standard InChI is InChI=1S/C17H21F3N2O2/c1-13(14-5-3-2-4-6-14)11-15(23)21-7-9-22(10-8-21)16(24)12-17(18,19)20/h2-6,13H,7-12H2,1H3/t13-/m0/s1. The predicted octanol–water partition coefficient (Wildman–Crippen LogP) is 2.80. The van der Waals surface area contributed by atoms with Crippen LogP contribution in [0.2, 0.25) is 0 Å². The molecule has 0 spiro atoms. The Morgan fingerprint density at radius 1 is 1.00 bits per heavy atom. The Bertz CT molecular complexity index is 567. The van der Waals surface area contributed by atoms with Gasteiger partial charge in [0.25, 0.3) is 0 Å². The fourth-order valence-corrected chi connectivity index (χ4v) is 2.78. The molecule has 7 heteroatoms. The van der Waals surface area contributed by atoms with E-state index >= 15 is 0 Å². The smallest absolute Gasteiger partial charge is 0.339 e. The zero-order chi connectivity index (χ0) is 17.7. The zero-order valence-corrected chi connectivity index (χ0v) is 13.6. The van der Waals surface area contributed by atoms with Crippen molar-refractivity contribution >= 4 is 11.8 Å². The average molecular weight is 342 g/mol. The van der Waals surface area contributed by atoms with Crippen LogP contribution >= 0.6 is 0 Å². The minimum atomic E-state index is -4.49. The molecule has 0 bridgehead atoms. The van der Waals surface area contributed by atoms with Crippen molar-refractivity contribution < 1.29 is 22.8 Å². The molecule has 0 aromatic heterocycles. The van der Waals surface area contributed by atoms with Crippen LogP contribution in [0.4, 0.5) is 13.2 Å². The van der Waals surface area contributed by atoms with E-state index in [4.69, 9.17) is 0 Å². The topological polar surface area (TPSA) is 40.6 Å². The second-order valence-electron chi connectivity index (χ2n) is 6.07. The van der Waals surface area contributed by atoms with Gasteiger partial charge in [-0.25, -0.2) is 0 Å². The van der Waals surface area contributed by atoms with Crippen LogP contribution < -0.4 is 0 Å². The first kappa shape index (κ1) is 18.3. The van der Waals surface area contributed by atoms with E-state index in [2.05, 4.69) is 0 Å². The Morgan fingerprint density at radius 2 is 1.50 bits per heavy atom. The van der Waals surface area contributed by atoms with Gasteiger partial charge in [-0.1, -0.05) is 37.3 Å². The minimum Gasteiger partial charge on any atom is -0.339 e. The lowest BCUT2D eigenvalue weighted by Gasteiger charge is -2.35. The van der Waals surface area contributed by atoms with Crippen LogP contribution in [0, 0.1) is 0 Å². The summed E-state index contributed by atoms with van der Waals surface area (Å²) in [5, 5.41) is 0. The molecule has 1 fully saturated rings. The second kappa shape index (κ2) is 7.68. The number of alkyl halides is 3. The van der Waals surface area contributed by atoms with Crippen LogP contribution in [0.25, 0.3) is 0 Å². The molecule has 132 valence electrons. The number of nitrogens with zero attached hydrogens (tertiary/aromatic N) is 2. The van der Waals surface area contributed by atoms with E-state index in [0.717, 1.165) is 5.56 Å². The first-order valence-corrected chi connectivity index (χ1v) is 7.93. The molecule has 24 heavy (non-hydrogen) atoms. The van der Waals surface area contributed by atoms with Crippen molar-refractivity contribution in [2.24, 2.45) is 0 Å². The largest absolute Gasteiger partial charge is 0.397 e. The van der Waals surface area contributed by atoms with Gasteiger partial charge in [-0.2, -0.15) is 13.2 Å². The third-order valence-corrected chi connectivity index (χ3v) is 4.19. The average Bonchev–Trinajstić information content (AvgIpc) is 2.54. The monoisotopic (exact) mass is 342 g/mol. The highest BCUT2D eigenvalue weighted by Crippen LogP contribution is 2.22. The minimum absolute atomic E-state index is 0.0331. The van der Waals surface area contributed by atoms with E-state index in [1.165, 1.54) is 4.90 Å². The summed E-state index contributed by atoms with van der Waals surface area (Å²) in [4.78, 5) is 26.7. The molecule has 4 nitrogen and oxygen atoms in total. The molecule has 2 rings (SSSR count). The lowest BCUT2D eigenvalue weighted by Crippen LogP contribution is -2.51. The maximum Gasteiger partial charge on any atom is 0.397 e. The van der Waals surface area contributed by atoms with Crippen LogP contribution in [0.1, 0.15) is 31.2 Å². The molecular weight excluding hydrogens is 321 g/mol. The van der Waals surface area contributed by atoms with Crippen LogP contribution in [0.5, 0.6) is 0 Å². The van der Waals surface area contributed by atoms with Gasteiger partial charge in [0.2, 0.25) is 11.8 Å². The van der Waals surface area contributed by atoms with Gasteiger partial charge in [-0.05, 0) is 11.5 Å². The third-order valence-electron chi connectivity index (χ3n) is 4.19. The van der Waals surface area contributed by atoms with Crippen molar-refractivity contribution in [3.63, 3.8) is 0 Å². The van der Waals surface area contributed by atoms with E-state index in [9.17, 15) is 22.8 Å². The molecule has 1 aliphatic rings. The van der Waals surface area contributed by atoms with Crippen LogP contribution in [0.3, 0.4) is 0 Å². The molecule has 0 saturated carbocycles. The maximum absolute atomic E-state index is 12.3. The summed E-state index contributed by atoms with van der Waals surface area (Å²) >= 11 is 0. The summed E-state index contributed by atoms with van der Waals surface area (Å²) in [6, 6.07) is 9.68. The number of carbonyl (C=O) groups excluding carboxylic acids is 2. The van der Waals surface area contributed by atoms with Crippen LogP contribution in [-0.2, 0) is 9.59 Å². The highest BCUT2D eigenvalue weighted by atomic mass is 19.4. The summed E-state index contributed by atoms with van der Waals surface area (Å²) in [7, 11) is 0. The number of piperazine rings is 1. The first-order chi connectivity index (χ1) is 11.3. The van der Waals surface area contributed by atoms with Crippen molar-refractivity contribution in [1.82, 2.24) is 9.80 Å². The SMILES string of the molecule is C[C@@H](CC(=O)N1CCN(C(=O)CC(F)(F)F)CC1)c1ccccc1. The van der Waals surface area contributed by atoms with Gasteiger partial charge in [-0.15, -0.1) is 0 Å². The maximum atomic E-state index is 12.3. The molecule has 1 atom stereocenters. The van der Waals surface area contributed by atoms with Crippen molar-refractivity contribution in [3.8, 4) is 0 Å². The molecule has 0 unspecified atom stereocenters. The van der Waals surface area contributed by atoms with E-state index in [-0.39, 0.29) is 38.0 Å². The molecule has 1 aromatic rings. The Balaban J connectivity index is 1.81. The van der Waals surface area contributed by atoms with Crippen LogP contribution in [-0.4, -0.2) is 54.0 Å². The van der Waals surface area contributed by atoms with E-state index < -0.39 is 18.5 Å². The Morgan fingerprint density at radius 3 is 2.00 bits per heavy atom. The summed E-state index contributed by atoms with van der Waals surface area (Å²) in [5.74, 6) is -0.884. The molecule has 0 aliphatic carbocycles. The molecule has 1 saturated heterocycles. The Labute approximate surface area is 139 Å². The molecular formula is C17H21F3N2O2. The number of halogens is 3. The van der Waals surface area contributed by atoms with E-state index in [0.29, 0.717) is 6.42 Å². The molecule has 0 N–H and O–H groups in total. The quantitative estimate of drug-likeness (QED) is 0.844. The number of carbonyl (C=O) groups is 2. The zero-order valence-electron chi connectivity index (χ0n) is 13.6. The van der Waals surface area contributed by atoms with Crippen molar-refractivity contribution in [1.29, 1.82) is 0 Å². The lowest BCUT2D eigenvalue weighted by molar-refractivity contribution is -0.163. The second-order valence-corrected chi connectivity index (χ2v) is 6.07. The predicted molar refractivity (Wildman–Crippen MR) is 83.3 cm³/mol. The Kier molecular flexibility index (Phi) is 5.85. The summed E-state index contributed by atoms with van der Waals surface area (Å²) in [6.45, 7) is 2.84. The molecule has 1 aromatic carbocycles. The lowest BCUT2D eigenvalue weighted by atomic mass is 9.97.